The summed E-state index contributed by atoms with van der Waals surface area (Å²) >= 11 is 0. The van der Waals surface area contributed by atoms with Gasteiger partial charge in [-0.15, -0.1) is 0 Å². The molecule has 134 valence electrons. The summed E-state index contributed by atoms with van der Waals surface area (Å²) in [5.41, 5.74) is 3.33. The van der Waals surface area contributed by atoms with Crippen molar-refractivity contribution in [1.29, 1.82) is 0 Å². The molecule has 0 aliphatic carbocycles. The van der Waals surface area contributed by atoms with Crippen LogP contribution < -0.4 is 0 Å². The molecule has 2 aromatic carbocycles. The fraction of sp³-hybridized carbons (Fsp3) is 0.391. The molecule has 0 fully saturated rings. The van der Waals surface area contributed by atoms with Crippen LogP contribution in [0.25, 0.3) is 6.08 Å². The summed E-state index contributed by atoms with van der Waals surface area (Å²) in [7, 11) is 0. The number of hydrogen-bond donors (Lipinski definition) is 0. The molecule has 2 rings (SSSR count). The molecule has 0 saturated heterocycles. The van der Waals surface area contributed by atoms with Crippen molar-refractivity contribution >= 4 is 6.08 Å². The molecule has 0 unspecified atom stereocenters. The zero-order chi connectivity index (χ0) is 18.1. The fourth-order valence-electron chi connectivity index (χ4n) is 2.86. The number of halogens is 2. The maximum absolute atomic E-state index is 14.1. The van der Waals surface area contributed by atoms with E-state index in [-0.39, 0.29) is 5.56 Å². The topological polar surface area (TPSA) is 0 Å². The van der Waals surface area contributed by atoms with Crippen LogP contribution in [0.4, 0.5) is 8.78 Å². The molecular formula is C23H28F2. The van der Waals surface area contributed by atoms with Crippen LogP contribution in [0, 0.1) is 11.6 Å². The van der Waals surface area contributed by atoms with E-state index in [9.17, 15) is 8.78 Å². The van der Waals surface area contributed by atoms with E-state index in [0.29, 0.717) is 12.8 Å². The first kappa shape index (κ1) is 19.4. The zero-order valence-electron chi connectivity index (χ0n) is 15.3. The van der Waals surface area contributed by atoms with Crippen molar-refractivity contribution in [3.63, 3.8) is 0 Å². The highest BCUT2D eigenvalue weighted by molar-refractivity contribution is 5.49. The number of rotatable bonds is 9. The van der Waals surface area contributed by atoms with Crippen LogP contribution in [0.2, 0.25) is 0 Å². The van der Waals surface area contributed by atoms with Crippen molar-refractivity contribution < 1.29 is 8.78 Å². The van der Waals surface area contributed by atoms with E-state index in [0.717, 1.165) is 37.7 Å². The van der Waals surface area contributed by atoms with E-state index in [1.807, 2.05) is 6.92 Å². The third kappa shape index (κ3) is 6.12. The molecule has 2 heteroatoms. The van der Waals surface area contributed by atoms with Crippen LogP contribution in [-0.4, -0.2) is 0 Å². The second-order valence-electron chi connectivity index (χ2n) is 6.57. The van der Waals surface area contributed by atoms with Crippen LogP contribution in [0.5, 0.6) is 0 Å². The summed E-state index contributed by atoms with van der Waals surface area (Å²) in [5.74, 6) is -0.806. The van der Waals surface area contributed by atoms with Gasteiger partial charge >= 0.3 is 0 Å². The second kappa shape index (κ2) is 10.1. The van der Waals surface area contributed by atoms with Gasteiger partial charge in [0.2, 0.25) is 0 Å². The minimum absolute atomic E-state index is 0.230. The van der Waals surface area contributed by atoms with Gasteiger partial charge in [0.1, 0.15) is 11.6 Å². The Morgan fingerprint density at radius 2 is 1.44 bits per heavy atom. The number of unbranched alkanes of at least 4 members (excludes halogenated alkanes) is 2. The second-order valence-corrected chi connectivity index (χ2v) is 6.57. The minimum Gasteiger partial charge on any atom is -0.207 e. The third-order valence-corrected chi connectivity index (χ3v) is 4.43. The average molecular weight is 342 g/mol. The Morgan fingerprint density at radius 3 is 2.04 bits per heavy atom. The van der Waals surface area contributed by atoms with Gasteiger partial charge in [-0.05, 0) is 60.9 Å². The monoisotopic (exact) mass is 342 g/mol. The molecule has 0 aliphatic rings. The third-order valence-electron chi connectivity index (χ3n) is 4.43. The lowest BCUT2D eigenvalue weighted by Gasteiger charge is -2.08. The lowest BCUT2D eigenvalue weighted by molar-refractivity contribution is 0.545. The first-order valence-electron chi connectivity index (χ1n) is 9.36. The van der Waals surface area contributed by atoms with Gasteiger partial charge in [0.15, 0.2) is 0 Å². The van der Waals surface area contributed by atoms with Crippen LogP contribution in [0.1, 0.15) is 61.8 Å². The highest BCUT2D eigenvalue weighted by Crippen LogP contribution is 2.19. The fourth-order valence-corrected chi connectivity index (χ4v) is 2.86. The first-order chi connectivity index (χ1) is 12.1. The number of benzene rings is 2. The standard InChI is InChI=1S/C23H28F2/c1-3-5-7-8-18-10-12-19(13-11-18)14-15-20-16-22(24)21(9-6-4-2)23(25)17-20/h7-8,10-13,16-17H,3-6,9,14-15H2,1-2H3. The van der Waals surface area contributed by atoms with Crippen LogP contribution in [0.15, 0.2) is 42.5 Å². The van der Waals surface area contributed by atoms with E-state index in [4.69, 9.17) is 0 Å². The minimum atomic E-state index is -0.403. The molecule has 0 N–H and O–H groups in total. The van der Waals surface area contributed by atoms with E-state index in [1.165, 1.54) is 23.3 Å². The normalized spacial score (nSPS) is 11.4. The van der Waals surface area contributed by atoms with Gasteiger partial charge in [0.25, 0.3) is 0 Å². The summed E-state index contributed by atoms with van der Waals surface area (Å²) in [5, 5.41) is 0. The Balaban J connectivity index is 1.96. The summed E-state index contributed by atoms with van der Waals surface area (Å²) in [6.45, 7) is 4.19. The van der Waals surface area contributed by atoms with Crippen molar-refractivity contribution in [2.75, 3.05) is 0 Å². The van der Waals surface area contributed by atoms with Gasteiger partial charge in [-0.25, -0.2) is 8.78 Å². The van der Waals surface area contributed by atoms with E-state index >= 15 is 0 Å². The molecule has 0 amide bonds. The van der Waals surface area contributed by atoms with Gasteiger partial charge in [-0.1, -0.05) is 63.1 Å². The van der Waals surface area contributed by atoms with Gasteiger partial charge in [0, 0.05) is 5.56 Å². The molecule has 2 aromatic rings. The van der Waals surface area contributed by atoms with E-state index in [2.05, 4.69) is 43.3 Å². The number of allylic oxidation sites excluding steroid dienone is 1. The zero-order valence-corrected chi connectivity index (χ0v) is 15.3. The maximum atomic E-state index is 14.1. The van der Waals surface area contributed by atoms with Gasteiger partial charge < -0.3 is 0 Å². The summed E-state index contributed by atoms with van der Waals surface area (Å²) in [6, 6.07) is 11.4. The van der Waals surface area contributed by atoms with Crippen molar-refractivity contribution in [3.05, 3.63) is 76.4 Å². The lowest BCUT2D eigenvalue weighted by atomic mass is 9.99. The van der Waals surface area contributed by atoms with Crippen LogP contribution >= 0.6 is 0 Å². The molecule has 0 aliphatic heterocycles. The van der Waals surface area contributed by atoms with Crippen molar-refractivity contribution in [3.8, 4) is 0 Å². The Hall–Kier alpha value is -1.96. The lowest BCUT2D eigenvalue weighted by Crippen LogP contribution is -2.00. The Kier molecular flexibility index (Phi) is 7.84. The molecule has 0 spiro atoms. The van der Waals surface area contributed by atoms with Gasteiger partial charge in [-0.2, -0.15) is 0 Å². The Labute approximate surface area is 150 Å². The summed E-state index contributed by atoms with van der Waals surface area (Å²) in [6.07, 6.45) is 10.2. The number of hydrogen-bond acceptors (Lipinski definition) is 0. The SMILES string of the molecule is CCCC=Cc1ccc(CCc2cc(F)c(CCCC)c(F)c2)cc1. The Bertz CT molecular complexity index is 661. The van der Waals surface area contributed by atoms with E-state index in [1.54, 1.807) is 0 Å². The molecule has 0 heterocycles. The highest BCUT2D eigenvalue weighted by atomic mass is 19.1. The summed E-state index contributed by atoms with van der Waals surface area (Å²) < 4.78 is 28.2. The molecule has 0 atom stereocenters. The van der Waals surface area contributed by atoms with Crippen molar-refractivity contribution in [1.82, 2.24) is 0 Å². The molecule has 25 heavy (non-hydrogen) atoms. The first-order valence-corrected chi connectivity index (χ1v) is 9.36. The predicted molar refractivity (Wildman–Crippen MR) is 103 cm³/mol. The maximum Gasteiger partial charge on any atom is 0.129 e. The molecule has 0 aromatic heterocycles. The van der Waals surface area contributed by atoms with Crippen molar-refractivity contribution in [2.45, 2.75) is 58.8 Å². The largest absolute Gasteiger partial charge is 0.207 e. The van der Waals surface area contributed by atoms with E-state index < -0.39 is 11.6 Å². The van der Waals surface area contributed by atoms with Crippen LogP contribution in [0.3, 0.4) is 0 Å². The number of aryl methyl sites for hydroxylation is 2. The van der Waals surface area contributed by atoms with Gasteiger partial charge in [-0.3, -0.25) is 0 Å². The molecule has 0 saturated carbocycles. The predicted octanol–water partition coefficient (Wildman–Crippen LogP) is 6.91. The van der Waals surface area contributed by atoms with Gasteiger partial charge in [0.05, 0.1) is 0 Å². The summed E-state index contributed by atoms with van der Waals surface area (Å²) in [4.78, 5) is 0. The molecular weight excluding hydrogens is 314 g/mol. The quantitative estimate of drug-likeness (QED) is 0.464. The smallest absolute Gasteiger partial charge is 0.129 e. The molecule has 0 bridgehead atoms. The molecule has 0 radical (unpaired) electrons. The van der Waals surface area contributed by atoms with Crippen LogP contribution in [-0.2, 0) is 19.3 Å². The highest BCUT2D eigenvalue weighted by Gasteiger charge is 2.10. The molecule has 0 nitrogen and oxygen atoms in total. The Morgan fingerprint density at radius 1 is 0.800 bits per heavy atom. The van der Waals surface area contributed by atoms with Crippen molar-refractivity contribution in [2.24, 2.45) is 0 Å². The average Bonchev–Trinajstić information content (AvgIpc) is 2.61.